The highest BCUT2D eigenvalue weighted by atomic mass is 35.5. The predicted molar refractivity (Wildman–Crippen MR) is 143 cm³/mol. The quantitative estimate of drug-likeness (QED) is 0.155. The Morgan fingerprint density at radius 1 is 0.622 bits per heavy atom. The summed E-state index contributed by atoms with van der Waals surface area (Å²) in [6.07, 6.45) is 1.63. The van der Waals surface area contributed by atoms with Crippen LogP contribution < -0.4 is 18.9 Å². The Labute approximate surface area is 220 Å². The molecular weight excluding hydrogens is 492 g/mol. The van der Waals surface area contributed by atoms with Gasteiger partial charge in [0.15, 0.2) is 11.5 Å². The Morgan fingerprint density at radius 2 is 1.08 bits per heavy atom. The van der Waals surface area contributed by atoms with E-state index in [9.17, 15) is 9.59 Å². The van der Waals surface area contributed by atoms with Crippen LogP contribution in [0.25, 0.3) is 10.8 Å². The van der Waals surface area contributed by atoms with E-state index in [4.69, 9.17) is 30.5 Å². The molecule has 0 aliphatic carbocycles. The molecule has 0 heterocycles. The van der Waals surface area contributed by atoms with Gasteiger partial charge in [-0.05, 0) is 55.3 Å². The number of hydrogen-bond donors (Lipinski definition) is 0. The van der Waals surface area contributed by atoms with Crippen LogP contribution in [0, 0.1) is 0 Å². The largest absolute Gasteiger partial charge is 0.449 e. The lowest BCUT2D eigenvalue weighted by molar-refractivity contribution is -0.135. The number of fused-ring (bicyclic) bond motifs is 1. The molecule has 4 rings (SSSR count). The van der Waals surface area contributed by atoms with Crippen LogP contribution in [-0.4, -0.2) is 11.9 Å². The third-order valence-corrected chi connectivity index (χ3v) is 5.59. The van der Waals surface area contributed by atoms with E-state index < -0.39 is 11.9 Å². The molecule has 0 aliphatic rings. The van der Waals surface area contributed by atoms with Gasteiger partial charge in [0, 0.05) is 28.6 Å². The number of rotatable bonds is 10. The van der Waals surface area contributed by atoms with E-state index in [2.05, 4.69) is 0 Å². The lowest BCUT2D eigenvalue weighted by Crippen LogP contribution is -2.11. The second kappa shape index (κ2) is 12.3. The normalized spacial score (nSPS) is 10.7. The number of carbonyl (C=O) groups is 2. The molecule has 0 N–H and O–H groups in total. The second-order valence-electron chi connectivity index (χ2n) is 8.28. The minimum atomic E-state index is -0.442. The van der Waals surface area contributed by atoms with E-state index in [0.717, 1.165) is 0 Å². The Hall–Kier alpha value is -4.03. The first-order valence-corrected chi connectivity index (χ1v) is 12.5. The summed E-state index contributed by atoms with van der Waals surface area (Å²) in [4.78, 5) is 25.4. The summed E-state index contributed by atoms with van der Waals surface area (Å²) in [5, 5.41) is 1.34. The molecule has 0 aliphatic heterocycles. The fourth-order valence-electron chi connectivity index (χ4n) is 3.69. The molecule has 0 radical (unpaired) electrons. The van der Waals surface area contributed by atoms with Gasteiger partial charge in [-0.15, -0.1) is 0 Å². The van der Waals surface area contributed by atoms with Crippen LogP contribution >= 0.6 is 11.6 Å². The van der Waals surface area contributed by atoms with Gasteiger partial charge in [-0.3, -0.25) is 9.59 Å². The molecule has 0 amide bonds. The van der Waals surface area contributed by atoms with Crippen LogP contribution in [0.5, 0.6) is 34.5 Å². The van der Waals surface area contributed by atoms with E-state index in [0.29, 0.717) is 40.1 Å². The monoisotopic (exact) mass is 518 g/mol. The zero-order valence-electron chi connectivity index (χ0n) is 20.7. The smallest absolute Gasteiger partial charge is 0.311 e. The van der Waals surface area contributed by atoms with Crippen molar-refractivity contribution in [1.29, 1.82) is 0 Å². The first-order valence-electron chi connectivity index (χ1n) is 12.2. The van der Waals surface area contributed by atoms with Gasteiger partial charge < -0.3 is 18.9 Å². The lowest BCUT2D eigenvalue weighted by Gasteiger charge is -2.21. The van der Waals surface area contributed by atoms with E-state index >= 15 is 0 Å². The highest BCUT2D eigenvalue weighted by Crippen LogP contribution is 2.54. The van der Waals surface area contributed by atoms with Crippen molar-refractivity contribution >= 4 is 34.3 Å². The summed E-state index contributed by atoms with van der Waals surface area (Å²) >= 11 is 6.36. The molecule has 190 valence electrons. The molecule has 0 bridgehead atoms. The van der Waals surface area contributed by atoms with Crippen molar-refractivity contribution in [3.05, 3.63) is 83.9 Å². The van der Waals surface area contributed by atoms with Crippen molar-refractivity contribution in [2.75, 3.05) is 0 Å². The number of para-hydroxylation sites is 2. The van der Waals surface area contributed by atoms with Crippen LogP contribution in [0.15, 0.2) is 78.9 Å². The van der Waals surface area contributed by atoms with Crippen molar-refractivity contribution in [2.45, 2.75) is 39.5 Å². The summed E-state index contributed by atoms with van der Waals surface area (Å²) in [6.45, 7) is 3.78. The third kappa shape index (κ3) is 6.40. The van der Waals surface area contributed by atoms with Crippen molar-refractivity contribution in [1.82, 2.24) is 0 Å². The van der Waals surface area contributed by atoms with Gasteiger partial charge >= 0.3 is 11.9 Å². The SMILES string of the molecule is CCCC(=O)Oc1c(Oc2ccccc2)c(Oc2ccccc2)c(OC(=O)CCC)c2cc(Cl)ccc12. The summed E-state index contributed by atoms with van der Waals surface area (Å²) in [5.41, 5.74) is 0. The van der Waals surface area contributed by atoms with Gasteiger partial charge in [-0.25, -0.2) is 0 Å². The third-order valence-electron chi connectivity index (χ3n) is 5.36. The lowest BCUT2D eigenvalue weighted by atomic mass is 10.1. The van der Waals surface area contributed by atoms with Crippen molar-refractivity contribution in [3.8, 4) is 34.5 Å². The molecule has 0 saturated heterocycles. The number of esters is 2. The van der Waals surface area contributed by atoms with Gasteiger partial charge in [0.1, 0.15) is 11.5 Å². The molecule has 0 fully saturated rings. The molecule has 0 saturated carbocycles. The topological polar surface area (TPSA) is 71.1 Å². The number of hydrogen-bond acceptors (Lipinski definition) is 6. The molecule has 4 aromatic rings. The van der Waals surface area contributed by atoms with E-state index in [1.807, 2.05) is 50.2 Å². The molecule has 0 atom stereocenters. The van der Waals surface area contributed by atoms with Crippen LogP contribution in [0.1, 0.15) is 39.5 Å². The maximum absolute atomic E-state index is 12.7. The summed E-state index contributed by atoms with van der Waals surface area (Å²) in [7, 11) is 0. The van der Waals surface area contributed by atoms with Crippen molar-refractivity contribution < 1.29 is 28.5 Å². The number of carbonyl (C=O) groups excluding carboxylic acids is 2. The van der Waals surface area contributed by atoms with Crippen molar-refractivity contribution in [2.24, 2.45) is 0 Å². The standard InChI is InChI=1S/C30H27ClO6/c1-3-11-25(32)36-27-23-18-17-20(31)19-24(23)28(37-26(33)12-4-2)30(35-22-15-9-6-10-16-22)29(27)34-21-13-7-5-8-14-21/h5-10,13-19H,3-4,11-12H2,1-2H3. The van der Waals surface area contributed by atoms with Gasteiger partial charge in [-0.2, -0.15) is 0 Å². The Kier molecular flexibility index (Phi) is 8.64. The van der Waals surface area contributed by atoms with Crippen LogP contribution in [0.2, 0.25) is 5.02 Å². The highest BCUT2D eigenvalue weighted by molar-refractivity contribution is 6.31. The molecule has 0 spiro atoms. The second-order valence-corrected chi connectivity index (χ2v) is 8.72. The van der Waals surface area contributed by atoms with Gasteiger partial charge in [0.25, 0.3) is 0 Å². The average molecular weight is 519 g/mol. The van der Waals surface area contributed by atoms with Crippen LogP contribution in [-0.2, 0) is 9.59 Å². The fourth-order valence-corrected chi connectivity index (χ4v) is 3.86. The molecular formula is C30H27ClO6. The summed E-state index contributed by atoms with van der Waals surface area (Å²) < 4.78 is 24.3. The molecule has 7 heteroatoms. The van der Waals surface area contributed by atoms with Crippen molar-refractivity contribution in [3.63, 3.8) is 0 Å². The number of ether oxygens (including phenoxy) is 4. The highest BCUT2D eigenvalue weighted by Gasteiger charge is 2.29. The van der Waals surface area contributed by atoms with Gasteiger partial charge in [-0.1, -0.05) is 61.8 Å². The van der Waals surface area contributed by atoms with E-state index in [1.165, 1.54) is 0 Å². The number of benzene rings is 4. The van der Waals surface area contributed by atoms with Crippen LogP contribution in [0.3, 0.4) is 0 Å². The Balaban J connectivity index is 2.03. The molecule has 0 aromatic heterocycles. The Morgan fingerprint density at radius 3 is 1.54 bits per heavy atom. The number of halogens is 1. The maximum atomic E-state index is 12.7. The summed E-state index contributed by atoms with van der Waals surface area (Å²) in [6, 6.07) is 23.0. The molecule has 37 heavy (non-hydrogen) atoms. The molecule has 6 nitrogen and oxygen atoms in total. The maximum Gasteiger partial charge on any atom is 0.311 e. The minimum Gasteiger partial charge on any atom is -0.449 e. The zero-order chi connectivity index (χ0) is 26.2. The fraction of sp³-hybridized carbons (Fsp3) is 0.200. The Bertz CT molecular complexity index is 1390. The average Bonchev–Trinajstić information content (AvgIpc) is 2.89. The van der Waals surface area contributed by atoms with Gasteiger partial charge in [0.05, 0.1) is 0 Å². The molecule has 4 aromatic carbocycles. The first kappa shape index (κ1) is 26.0. The predicted octanol–water partition coefficient (Wildman–Crippen LogP) is 8.49. The van der Waals surface area contributed by atoms with Gasteiger partial charge in [0.2, 0.25) is 11.5 Å². The summed E-state index contributed by atoms with van der Waals surface area (Å²) in [5.74, 6) is 0.548. The molecule has 0 unspecified atom stereocenters. The zero-order valence-corrected chi connectivity index (χ0v) is 21.4. The first-order chi connectivity index (χ1) is 18.0. The van der Waals surface area contributed by atoms with E-state index in [1.54, 1.807) is 42.5 Å². The minimum absolute atomic E-state index is 0.0913. The van der Waals surface area contributed by atoms with Crippen LogP contribution in [0.4, 0.5) is 0 Å². The van der Waals surface area contributed by atoms with E-state index in [-0.39, 0.29) is 35.8 Å².